The van der Waals surface area contributed by atoms with Gasteiger partial charge >= 0.3 is 19.8 Å². The van der Waals surface area contributed by atoms with Crippen LogP contribution < -0.4 is 0 Å². The zero-order valence-electron chi connectivity index (χ0n) is 40.0. The van der Waals surface area contributed by atoms with Crippen molar-refractivity contribution in [3.8, 4) is 0 Å². The number of carbonyl (C=O) groups excluding carboxylic acids is 2. The van der Waals surface area contributed by atoms with Crippen LogP contribution in [0.5, 0.6) is 0 Å². The van der Waals surface area contributed by atoms with Crippen LogP contribution in [0.15, 0.2) is 0 Å². The van der Waals surface area contributed by atoms with Gasteiger partial charge in [0.1, 0.15) is 67.6 Å². The number of hydrogen-bond acceptors (Lipinski definition) is 17. The number of esters is 2. The van der Waals surface area contributed by atoms with Crippen LogP contribution in [0.2, 0.25) is 0 Å². The van der Waals surface area contributed by atoms with Crippen molar-refractivity contribution in [2.75, 3.05) is 19.8 Å². The van der Waals surface area contributed by atoms with Crippen LogP contribution in [-0.2, 0) is 42.1 Å². The van der Waals surface area contributed by atoms with E-state index in [0.717, 1.165) is 51.4 Å². The molecule has 1 aliphatic heterocycles. The molecule has 390 valence electrons. The molecule has 1 saturated carbocycles. The van der Waals surface area contributed by atoms with Crippen molar-refractivity contribution in [3.05, 3.63) is 0 Å². The maximum absolute atomic E-state index is 13.4. The minimum atomic E-state index is -5.36. The summed E-state index contributed by atoms with van der Waals surface area (Å²) in [6.07, 6.45) is 6.23. The third-order valence-electron chi connectivity index (χ3n) is 12.6. The van der Waals surface area contributed by atoms with Crippen molar-refractivity contribution in [2.24, 2.45) is 0 Å². The molecule has 0 aromatic carbocycles. The third kappa shape index (κ3) is 24.5. The summed E-state index contributed by atoms with van der Waals surface area (Å²) in [6, 6.07) is 0. The molecule has 1 heterocycles. The van der Waals surface area contributed by atoms with Crippen molar-refractivity contribution in [2.45, 2.75) is 267 Å². The van der Waals surface area contributed by atoms with Crippen molar-refractivity contribution < 1.29 is 87.9 Å². The summed E-state index contributed by atoms with van der Waals surface area (Å²) < 4.78 is 45.4. The second-order valence-electron chi connectivity index (χ2n) is 18.4. The van der Waals surface area contributed by atoms with Gasteiger partial charge in [-0.3, -0.25) is 18.6 Å². The molecule has 9 N–H and O–H groups in total. The van der Waals surface area contributed by atoms with Crippen molar-refractivity contribution in [1.29, 1.82) is 0 Å². The molecule has 0 radical (unpaired) electrons. The topological polar surface area (TPSA) is 289 Å². The predicted octanol–water partition coefficient (Wildman–Crippen LogP) is 5.55. The standard InChI is InChI=1S/C47H89O18P/c1-3-5-7-9-11-13-15-16-17-18-20-21-23-25-27-29-36(49)60-32-34(62-37(50)30-28-26-24-22-19-14-12-10-8-6-4-2)33-61-66(58,59)65-46-43(56)41(54)40(53)42(55)45(46)64-47-44(57)39(52)38(51)35(31-48)63-47/h34-35,38-48,51-57H,3-33H2,1-2H3,(H,58,59). The smallest absolute Gasteiger partial charge is 0.462 e. The Labute approximate surface area is 393 Å². The second-order valence-corrected chi connectivity index (χ2v) is 19.8. The van der Waals surface area contributed by atoms with E-state index in [1.807, 2.05) is 0 Å². The molecule has 2 aliphatic rings. The Morgan fingerprint density at radius 1 is 0.515 bits per heavy atom. The monoisotopic (exact) mass is 973 g/mol. The van der Waals surface area contributed by atoms with Crippen molar-refractivity contribution in [3.63, 3.8) is 0 Å². The van der Waals surface area contributed by atoms with E-state index in [9.17, 15) is 59.9 Å². The highest BCUT2D eigenvalue weighted by Crippen LogP contribution is 2.48. The lowest BCUT2D eigenvalue weighted by atomic mass is 9.84. The van der Waals surface area contributed by atoms with Gasteiger partial charge in [-0.2, -0.15) is 0 Å². The first-order valence-electron chi connectivity index (χ1n) is 25.4. The number of aliphatic hydroxyl groups is 8. The molecule has 18 nitrogen and oxygen atoms in total. The Kier molecular flexibility index (Phi) is 32.9. The number of ether oxygens (including phenoxy) is 4. The number of aliphatic hydroxyl groups excluding tert-OH is 8. The van der Waals surface area contributed by atoms with Gasteiger partial charge in [-0.05, 0) is 12.8 Å². The molecular weight excluding hydrogens is 883 g/mol. The van der Waals surface area contributed by atoms with E-state index < -0.39 is 113 Å². The molecule has 2 rings (SSSR count). The Morgan fingerprint density at radius 3 is 1.35 bits per heavy atom. The fraction of sp³-hybridized carbons (Fsp3) is 0.957. The zero-order chi connectivity index (χ0) is 48.7. The molecule has 0 aromatic rings. The first-order chi connectivity index (χ1) is 31.7. The van der Waals surface area contributed by atoms with Crippen LogP contribution in [0.4, 0.5) is 0 Å². The van der Waals surface area contributed by atoms with Gasteiger partial charge in [0.15, 0.2) is 12.4 Å². The predicted molar refractivity (Wildman–Crippen MR) is 245 cm³/mol. The summed E-state index contributed by atoms with van der Waals surface area (Å²) in [5.74, 6) is -1.21. The first-order valence-corrected chi connectivity index (χ1v) is 26.9. The zero-order valence-corrected chi connectivity index (χ0v) is 40.9. The Balaban J connectivity index is 1.94. The van der Waals surface area contributed by atoms with Gasteiger partial charge in [0, 0.05) is 12.8 Å². The molecular formula is C47H89O18P. The summed E-state index contributed by atoms with van der Waals surface area (Å²) in [5, 5.41) is 82.9. The third-order valence-corrected chi connectivity index (χ3v) is 13.5. The van der Waals surface area contributed by atoms with Gasteiger partial charge in [-0.25, -0.2) is 4.57 Å². The van der Waals surface area contributed by atoms with E-state index in [4.69, 9.17) is 28.0 Å². The van der Waals surface area contributed by atoms with E-state index in [1.54, 1.807) is 0 Å². The minimum absolute atomic E-state index is 0.0389. The van der Waals surface area contributed by atoms with E-state index in [0.29, 0.717) is 12.8 Å². The maximum Gasteiger partial charge on any atom is 0.472 e. The number of hydrogen-bond donors (Lipinski definition) is 9. The Bertz CT molecular complexity index is 1300. The molecule has 0 bridgehead atoms. The van der Waals surface area contributed by atoms with E-state index in [1.165, 1.54) is 103 Å². The molecule has 0 spiro atoms. The largest absolute Gasteiger partial charge is 0.472 e. The Morgan fingerprint density at radius 2 is 0.909 bits per heavy atom. The van der Waals surface area contributed by atoms with Crippen LogP contribution in [0.3, 0.4) is 0 Å². The summed E-state index contributed by atoms with van der Waals surface area (Å²) in [5.41, 5.74) is 0. The highest BCUT2D eigenvalue weighted by molar-refractivity contribution is 7.47. The van der Waals surface area contributed by atoms with Crippen LogP contribution in [0.25, 0.3) is 0 Å². The van der Waals surface area contributed by atoms with Crippen LogP contribution in [0.1, 0.15) is 194 Å². The van der Waals surface area contributed by atoms with E-state index in [-0.39, 0.29) is 12.8 Å². The van der Waals surface area contributed by atoms with Crippen molar-refractivity contribution in [1.82, 2.24) is 0 Å². The van der Waals surface area contributed by atoms with Crippen molar-refractivity contribution >= 4 is 19.8 Å². The lowest BCUT2D eigenvalue weighted by Crippen LogP contribution is -2.67. The quantitative estimate of drug-likeness (QED) is 0.0207. The molecule has 2 fully saturated rings. The van der Waals surface area contributed by atoms with Gasteiger partial charge < -0.3 is 64.7 Å². The molecule has 0 aromatic heterocycles. The van der Waals surface area contributed by atoms with Crippen LogP contribution in [-0.4, -0.2) is 151 Å². The lowest BCUT2D eigenvalue weighted by molar-refractivity contribution is -0.338. The summed E-state index contributed by atoms with van der Waals surface area (Å²) in [6.45, 7) is 2.23. The summed E-state index contributed by atoms with van der Waals surface area (Å²) >= 11 is 0. The molecule has 0 amide bonds. The first kappa shape index (κ1) is 60.8. The minimum Gasteiger partial charge on any atom is -0.462 e. The van der Waals surface area contributed by atoms with Gasteiger partial charge in [-0.1, -0.05) is 168 Å². The van der Waals surface area contributed by atoms with Gasteiger partial charge in [0.2, 0.25) is 0 Å². The fourth-order valence-corrected chi connectivity index (χ4v) is 9.32. The molecule has 1 saturated heterocycles. The molecule has 19 heteroatoms. The molecule has 66 heavy (non-hydrogen) atoms. The van der Waals surface area contributed by atoms with Gasteiger partial charge in [-0.15, -0.1) is 0 Å². The normalized spacial score (nSPS) is 28.2. The summed E-state index contributed by atoms with van der Waals surface area (Å²) in [4.78, 5) is 36.5. The van der Waals surface area contributed by atoms with Crippen LogP contribution >= 0.6 is 7.82 Å². The van der Waals surface area contributed by atoms with Crippen LogP contribution in [0, 0.1) is 0 Å². The molecule has 13 unspecified atom stereocenters. The number of phosphoric ester groups is 1. The molecule has 1 aliphatic carbocycles. The Hall–Kier alpha value is -1.35. The lowest BCUT2D eigenvalue weighted by Gasteiger charge is -2.47. The second kappa shape index (κ2) is 35.7. The average molecular weight is 973 g/mol. The maximum atomic E-state index is 13.4. The summed E-state index contributed by atoms with van der Waals surface area (Å²) in [7, 11) is -5.36. The van der Waals surface area contributed by atoms with E-state index in [2.05, 4.69) is 13.8 Å². The molecule has 13 atom stereocenters. The number of carbonyl (C=O) groups is 2. The van der Waals surface area contributed by atoms with Gasteiger partial charge in [0.05, 0.1) is 13.2 Å². The van der Waals surface area contributed by atoms with Gasteiger partial charge in [0.25, 0.3) is 0 Å². The fourth-order valence-electron chi connectivity index (χ4n) is 8.35. The number of phosphoric acid groups is 1. The highest BCUT2D eigenvalue weighted by atomic mass is 31.2. The average Bonchev–Trinajstić information content (AvgIpc) is 3.29. The highest BCUT2D eigenvalue weighted by Gasteiger charge is 2.55. The number of rotatable bonds is 39. The SMILES string of the molecule is CCCCCCCCCCCCCCCCCC(=O)OCC(COP(=O)(O)OC1C(O)C(O)C(O)C(O)C1OC1OC(CO)C(O)C(O)C1O)OC(=O)CCCCCCCCCCCCC. The van der Waals surface area contributed by atoms with E-state index >= 15 is 0 Å². The number of unbranched alkanes of at least 4 members (excludes halogenated alkanes) is 24.